The van der Waals surface area contributed by atoms with Crippen LogP contribution in [-0.4, -0.2) is 60.8 Å². The summed E-state index contributed by atoms with van der Waals surface area (Å²) in [7, 11) is 0. The predicted molar refractivity (Wildman–Crippen MR) is 86.5 cm³/mol. The average Bonchev–Trinajstić information content (AvgIpc) is 2.93. The molecule has 0 saturated carbocycles. The number of ether oxygens (including phenoxy) is 1. The minimum absolute atomic E-state index is 0.231. The maximum atomic E-state index is 6.18. The lowest BCUT2D eigenvalue weighted by atomic mass is 9.88. The summed E-state index contributed by atoms with van der Waals surface area (Å²) in [6, 6.07) is 0.766. The molecule has 0 aromatic rings. The van der Waals surface area contributed by atoms with Crippen molar-refractivity contribution in [3.05, 3.63) is 0 Å². The van der Waals surface area contributed by atoms with E-state index in [9.17, 15) is 0 Å². The normalized spacial score (nSPS) is 36.0. The molecule has 0 aromatic heterocycles. The van der Waals surface area contributed by atoms with Crippen LogP contribution < -0.4 is 5.32 Å². The summed E-state index contributed by atoms with van der Waals surface area (Å²) in [5.74, 6) is 3.44. The summed E-state index contributed by atoms with van der Waals surface area (Å²) >= 11 is 2.08. The van der Waals surface area contributed by atoms with Crippen molar-refractivity contribution >= 4 is 11.8 Å². The molecule has 3 heterocycles. The van der Waals surface area contributed by atoms with E-state index >= 15 is 0 Å². The molecule has 116 valence electrons. The number of thioether (sulfide) groups is 1. The highest BCUT2D eigenvalue weighted by Gasteiger charge is 2.41. The summed E-state index contributed by atoms with van der Waals surface area (Å²) in [6.45, 7) is 8.28. The third-order valence-electron chi connectivity index (χ3n) is 5.41. The Morgan fingerprint density at radius 3 is 2.85 bits per heavy atom. The van der Waals surface area contributed by atoms with Gasteiger partial charge >= 0.3 is 0 Å². The Morgan fingerprint density at radius 2 is 2.15 bits per heavy atom. The van der Waals surface area contributed by atoms with Crippen molar-refractivity contribution in [2.24, 2.45) is 5.92 Å². The van der Waals surface area contributed by atoms with Crippen LogP contribution in [0.2, 0.25) is 0 Å². The SMILES string of the molecule is CCN(CC1CCNCC1)C1CCOC2(CCSC2)C1. The Balaban J connectivity index is 1.57. The Kier molecular flexibility index (Phi) is 5.29. The van der Waals surface area contributed by atoms with Crippen LogP contribution in [0.15, 0.2) is 0 Å². The van der Waals surface area contributed by atoms with E-state index in [4.69, 9.17) is 4.74 Å². The van der Waals surface area contributed by atoms with Gasteiger partial charge in [0.25, 0.3) is 0 Å². The summed E-state index contributed by atoms with van der Waals surface area (Å²) in [6.07, 6.45) is 6.52. The smallest absolute Gasteiger partial charge is 0.0795 e. The maximum Gasteiger partial charge on any atom is 0.0795 e. The lowest BCUT2D eigenvalue weighted by molar-refractivity contribution is -0.0908. The van der Waals surface area contributed by atoms with Gasteiger partial charge in [-0.25, -0.2) is 0 Å². The maximum absolute atomic E-state index is 6.18. The molecule has 0 aliphatic carbocycles. The van der Waals surface area contributed by atoms with Gasteiger partial charge < -0.3 is 15.0 Å². The lowest BCUT2D eigenvalue weighted by Gasteiger charge is -2.43. The second-order valence-electron chi connectivity index (χ2n) is 6.76. The van der Waals surface area contributed by atoms with Crippen LogP contribution in [-0.2, 0) is 4.74 Å². The van der Waals surface area contributed by atoms with Crippen molar-refractivity contribution in [1.29, 1.82) is 0 Å². The van der Waals surface area contributed by atoms with Gasteiger partial charge in [-0.15, -0.1) is 0 Å². The van der Waals surface area contributed by atoms with Gasteiger partial charge in [0.2, 0.25) is 0 Å². The van der Waals surface area contributed by atoms with Crippen LogP contribution in [0.1, 0.15) is 39.0 Å². The Bertz CT molecular complexity index is 301. The molecular formula is C16H30N2OS. The fraction of sp³-hybridized carbons (Fsp3) is 1.00. The standard InChI is InChI=1S/C16H30N2OS/c1-2-18(12-14-3-7-17-8-4-14)15-5-9-19-16(11-15)6-10-20-13-16/h14-15,17H,2-13H2,1H3. The molecule has 3 saturated heterocycles. The van der Waals surface area contributed by atoms with Crippen LogP contribution in [0.3, 0.4) is 0 Å². The Labute approximate surface area is 128 Å². The first-order chi connectivity index (χ1) is 9.81. The topological polar surface area (TPSA) is 24.5 Å². The molecule has 3 fully saturated rings. The van der Waals surface area contributed by atoms with Crippen molar-refractivity contribution in [1.82, 2.24) is 10.2 Å². The van der Waals surface area contributed by atoms with Crippen LogP contribution in [0.5, 0.6) is 0 Å². The number of hydrogen-bond acceptors (Lipinski definition) is 4. The van der Waals surface area contributed by atoms with Crippen LogP contribution in [0, 0.1) is 5.92 Å². The highest BCUT2D eigenvalue weighted by molar-refractivity contribution is 7.99. The van der Waals surface area contributed by atoms with Crippen LogP contribution in [0.4, 0.5) is 0 Å². The molecule has 0 bridgehead atoms. The van der Waals surface area contributed by atoms with Crippen LogP contribution >= 0.6 is 11.8 Å². The molecule has 4 heteroatoms. The fourth-order valence-corrected chi connectivity index (χ4v) is 5.49. The number of hydrogen-bond donors (Lipinski definition) is 1. The first kappa shape index (κ1) is 15.1. The monoisotopic (exact) mass is 298 g/mol. The van der Waals surface area contributed by atoms with Gasteiger partial charge in [-0.2, -0.15) is 11.8 Å². The predicted octanol–water partition coefficient (Wildman–Crippen LogP) is 2.36. The second-order valence-corrected chi connectivity index (χ2v) is 7.87. The van der Waals surface area contributed by atoms with Crippen molar-refractivity contribution in [3.8, 4) is 0 Å². The van der Waals surface area contributed by atoms with Crippen molar-refractivity contribution in [3.63, 3.8) is 0 Å². The first-order valence-electron chi connectivity index (χ1n) is 8.48. The van der Waals surface area contributed by atoms with Gasteiger partial charge in [0.15, 0.2) is 0 Å². The number of nitrogens with zero attached hydrogens (tertiary/aromatic N) is 1. The number of rotatable bonds is 4. The molecule has 2 atom stereocenters. The quantitative estimate of drug-likeness (QED) is 0.861. The van der Waals surface area contributed by atoms with Gasteiger partial charge in [0.05, 0.1) is 5.60 Å². The summed E-state index contributed by atoms with van der Waals surface area (Å²) in [4.78, 5) is 2.77. The molecule has 2 unspecified atom stereocenters. The van der Waals surface area contributed by atoms with E-state index in [0.29, 0.717) is 0 Å². The van der Waals surface area contributed by atoms with E-state index in [-0.39, 0.29) is 5.60 Å². The minimum Gasteiger partial charge on any atom is -0.374 e. The Hall–Kier alpha value is 0.230. The zero-order valence-electron chi connectivity index (χ0n) is 12.9. The van der Waals surface area contributed by atoms with E-state index < -0.39 is 0 Å². The molecule has 3 rings (SSSR count). The zero-order valence-corrected chi connectivity index (χ0v) is 13.7. The van der Waals surface area contributed by atoms with Crippen LogP contribution in [0.25, 0.3) is 0 Å². The Morgan fingerprint density at radius 1 is 1.30 bits per heavy atom. The highest BCUT2D eigenvalue weighted by atomic mass is 32.2. The molecule has 3 aliphatic rings. The molecule has 3 nitrogen and oxygen atoms in total. The van der Waals surface area contributed by atoms with Gasteiger partial charge in [-0.3, -0.25) is 0 Å². The van der Waals surface area contributed by atoms with Gasteiger partial charge in [-0.1, -0.05) is 6.92 Å². The van der Waals surface area contributed by atoms with Crippen molar-refractivity contribution in [2.45, 2.75) is 50.7 Å². The minimum atomic E-state index is 0.231. The molecule has 1 spiro atoms. The zero-order chi connectivity index (χ0) is 13.8. The average molecular weight is 298 g/mol. The molecule has 0 amide bonds. The van der Waals surface area contributed by atoms with Gasteiger partial charge in [-0.05, 0) is 63.4 Å². The molecular weight excluding hydrogens is 268 g/mol. The molecule has 3 aliphatic heterocycles. The molecule has 1 N–H and O–H groups in total. The second kappa shape index (κ2) is 6.99. The number of nitrogens with one attached hydrogen (secondary N) is 1. The molecule has 0 radical (unpaired) electrons. The van der Waals surface area contributed by atoms with Crippen molar-refractivity contribution < 1.29 is 4.74 Å². The van der Waals surface area contributed by atoms with E-state index in [2.05, 4.69) is 28.9 Å². The van der Waals surface area contributed by atoms with E-state index in [1.807, 2.05) is 0 Å². The van der Waals surface area contributed by atoms with Gasteiger partial charge in [0, 0.05) is 24.9 Å². The molecule has 20 heavy (non-hydrogen) atoms. The fourth-order valence-electron chi connectivity index (χ4n) is 4.11. The van der Waals surface area contributed by atoms with E-state index in [0.717, 1.165) is 18.6 Å². The largest absolute Gasteiger partial charge is 0.374 e. The third kappa shape index (κ3) is 3.52. The van der Waals surface area contributed by atoms with E-state index in [1.54, 1.807) is 0 Å². The highest BCUT2D eigenvalue weighted by Crippen LogP contribution is 2.39. The number of piperidine rings is 1. The first-order valence-corrected chi connectivity index (χ1v) is 9.63. The summed E-state index contributed by atoms with van der Waals surface area (Å²) in [5.41, 5.74) is 0.231. The summed E-state index contributed by atoms with van der Waals surface area (Å²) in [5, 5.41) is 3.48. The summed E-state index contributed by atoms with van der Waals surface area (Å²) < 4.78 is 6.18. The van der Waals surface area contributed by atoms with Gasteiger partial charge in [0.1, 0.15) is 0 Å². The molecule has 0 aromatic carbocycles. The lowest BCUT2D eigenvalue weighted by Crippen LogP contribution is -2.50. The van der Waals surface area contributed by atoms with E-state index in [1.165, 1.54) is 69.8 Å². The van der Waals surface area contributed by atoms with Crippen molar-refractivity contribution in [2.75, 3.05) is 44.3 Å². The third-order valence-corrected chi connectivity index (χ3v) is 6.63.